The molecule has 23 heavy (non-hydrogen) atoms. The predicted molar refractivity (Wildman–Crippen MR) is 85.5 cm³/mol. The van der Waals surface area contributed by atoms with Gasteiger partial charge in [-0.25, -0.2) is 0 Å². The van der Waals surface area contributed by atoms with Crippen molar-refractivity contribution in [1.82, 2.24) is 4.90 Å². The lowest BCUT2D eigenvalue weighted by Crippen LogP contribution is -2.32. The summed E-state index contributed by atoms with van der Waals surface area (Å²) in [6, 6.07) is 5.23. The molecule has 1 amide bonds. The lowest BCUT2D eigenvalue weighted by atomic mass is 10.2. The average Bonchev–Trinajstić information content (AvgIpc) is 2.94. The van der Waals surface area contributed by atoms with E-state index in [-0.39, 0.29) is 23.8 Å². The minimum absolute atomic E-state index is 0.0488. The van der Waals surface area contributed by atoms with Crippen LogP contribution >= 0.6 is 11.8 Å². The minimum atomic E-state index is -0.534. The number of amides is 1. The number of hydrogen-bond acceptors (Lipinski definition) is 6. The zero-order valence-electron chi connectivity index (χ0n) is 12.4. The van der Waals surface area contributed by atoms with E-state index in [0.717, 1.165) is 5.75 Å². The first-order chi connectivity index (χ1) is 11.0. The molecular weight excluding hydrogens is 322 g/mol. The second kappa shape index (κ2) is 7.73. The van der Waals surface area contributed by atoms with E-state index >= 15 is 0 Å². The Labute approximate surface area is 136 Å². The zero-order chi connectivity index (χ0) is 16.8. The molecule has 0 atom stereocenters. The van der Waals surface area contributed by atoms with Gasteiger partial charge in [0.15, 0.2) is 5.17 Å². The second-order valence-electron chi connectivity index (χ2n) is 4.58. The van der Waals surface area contributed by atoms with Crippen molar-refractivity contribution in [2.75, 3.05) is 25.4 Å². The lowest BCUT2D eigenvalue weighted by molar-refractivity contribution is -0.384. The molecule has 1 aromatic carbocycles. The molecule has 122 valence electrons. The van der Waals surface area contributed by atoms with Gasteiger partial charge in [0.05, 0.1) is 11.5 Å². The van der Waals surface area contributed by atoms with Crippen LogP contribution in [0.2, 0.25) is 0 Å². The third kappa shape index (κ3) is 4.52. The molecule has 0 radical (unpaired) electrons. The number of amidine groups is 1. The maximum atomic E-state index is 12.1. The van der Waals surface area contributed by atoms with Crippen LogP contribution in [0, 0.1) is 10.1 Å². The molecule has 0 aromatic heterocycles. The number of carbonyl (C=O) groups is 2. The fraction of sp³-hybridized carbons (Fsp3) is 0.357. The first-order valence-electron chi connectivity index (χ1n) is 6.92. The summed E-state index contributed by atoms with van der Waals surface area (Å²) in [5, 5.41) is 11.1. The molecular formula is C14H15N3O5S. The number of esters is 1. The van der Waals surface area contributed by atoms with Crippen molar-refractivity contribution >= 4 is 34.5 Å². The summed E-state index contributed by atoms with van der Waals surface area (Å²) in [7, 11) is 0. The quantitative estimate of drug-likeness (QED) is 0.458. The molecule has 8 nitrogen and oxygen atoms in total. The summed E-state index contributed by atoms with van der Waals surface area (Å²) in [5.41, 5.74) is 0.167. The van der Waals surface area contributed by atoms with E-state index in [1.54, 1.807) is 11.8 Å². The Morgan fingerprint density at radius 1 is 1.39 bits per heavy atom. The summed E-state index contributed by atoms with van der Waals surface area (Å²) in [4.78, 5) is 39.4. The van der Waals surface area contributed by atoms with Crippen molar-refractivity contribution in [1.29, 1.82) is 0 Å². The Kier molecular flexibility index (Phi) is 5.69. The van der Waals surface area contributed by atoms with Crippen LogP contribution in [0.25, 0.3) is 0 Å². The Morgan fingerprint density at radius 2 is 2.09 bits per heavy atom. The fourth-order valence-corrected chi connectivity index (χ4v) is 2.90. The molecule has 0 spiro atoms. The third-order valence-electron chi connectivity index (χ3n) is 3.01. The molecule has 1 saturated heterocycles. The van der Waals surface area contributed by atoms with Crippen LogP contribution < -0.4 is 0 Å². The molecule has 1 aliphatic rings. The van der Waals surface area contributed by atoms with E-state index in [4.69, 9.17) is 4.74 Å². The van der Waals surface area contributed by atoms with Gasteiger partial charge in [0.1, 0.15) is 6.54 Å². The number of aliphatic imine (C=N–C) groups is 1. The normalized spacial score (nSPS) is 15.7. The Hall–Kier alpha value is -2.42. The van der Waals surface area contributed by atoms with Gasteiger partial charge in [-0.3, -0.25) is 19.7 Å². The zero-order valence-corrected chi connectivity index (χ0v) is 13.2. The maximum Gasteiger partial charge on any atom is 0.325 e. The summed E-state index contributed by atoms with van der Waals surface area (Å²) in [5.74, 6) is -0.144. The molecule has 0 saturated carbocycles. The molecule has 1 aliphatic heterocycles. The minimum Gasteiger partial charge on any atom is -0.465 e. The van der Waals surface area contributed by atoms with Gasteiger partial charge in [-0.2, -0.15) is 4.99 Å². The molecule has 2 rings (SSSR count). The Balaban J connectivity index is 2.08. The van der Waals surface area contributed by atoms with Gasteiger partial charge in [-0.15, -0.1) is 0 Å². The predicted octanol–water partition coefficient (Wildman–Crippen LogP) is 1.70. The summed E-state index contributed by atoms with van der Waals surface area (Å²) in [6.07, 6.45) is 0. The van der Waals surface area contributed by atoms with Crippen molar-refractivity contribution in [2.24, 2.45) is 4.99 Å². The molecule has 0 N–H and O–H groups in total. The number of nitro benzene ring substituents is 1. The van der Waals surface area contributed by atoms with Gasteiger partial charge in [0.25, 0.3) is 11.6 Å². The summed E-state index contributed by atoms with van der Waals surface area (Å²) in [6.45, 7) is 2.68. The SMILES string of the molecule is CCOC(=O)CN1CCSC1=NC(=O)c1ccc([N+](=O)[O-])cc1. The summed E-state index contributed by atoms with van der Waals surface area (Å²) < 4.78 is 4.88. The molecule has 1 heterocycles. The van der Waals surface area contributed by atoms with Gasteiger partial charge in [0, 0.05) is 30.0 Å². The number of rotatable bonds is 5. The second-order valence-corrected chi connectivity index (χ2v) is 5.64. The first kappa shape index (κ1) is 16.9. The monoisotopic (exact) mass is 337 g/mol. The van der Waals surface area contributed by atoms with Crippen LogP contribution in [-0.4, -0.2) is 52.3 Å². The van der Waals surface area contributed by atoms with Crippen molar-refractivity contribution in [3.63, 3.8) is 0 Å². The van der Waals surface area contributed by atoms with E-state index in [0.29, 0.717) is 18.3 Å². The van der Waals surface area contributed by atoms with E-state index in [9.17, 15) is 19.7 Å². The van der Waals surface area contributed by atoms with Crippen LogP contribution in [0.5, 0.6) is 0 Å². The number of carbonyl (C=O) groups excluding carboxylic acids is 2. The molecule has 0 unspecified atom stereocenters. The highest BCUT2D eigenvalue weighted by Crippen LogP contribution is 2.19. The van der Waals surface area contributed by atoms with Gasteiger partial charge in [0.2, 0.25) is 0 Å². The topological polar surface area (TPSA) is 102 Å². The van der Waals surface area contributed by atoms with Gasteiger partial charge in [-0.1, -0.05) is 11.8 Å². The number of thioether (sulfide) groups is 1. The Morgan fingerprint density at radius 3 is 2.70 bits per heavy atom. The van der Waals surface area contributed by atoms with Gasteiger partial charge < -0.3 is 9.64 Å². The number of non-ortho nitro benzene ring substituents is 1. The van der Waals surface area contributed by atoms with Crippen LogP contribution in [0.1, 0.15) is 17.3 Å². The number of nitro groups is 1. The molecule has 0 bridgehead atoms. The molecule has 0 aliphatic carbocycles. The molecule has 1 fully saturated rings. The first-order valence-corrected chi connectivity index (χ1v) is 7.90. The smallest absolute Gasteiger partial charge is 0.325 e. The van der Waals surface area contributed by atoms with Crippen LogP contribution in [0.15, 0.2) is 29.3 Å². The third-order valence-corrected chi connectivity index (χ3v) is 4.00. The highest BCUT2D eigenvalue weighted by atomic mass is 32.2. The van der Waals surface area contributed by atoms with E-state index in [1.807, 2.05) is 0 Å². The summed E-state index contributed by atoms with van der Waals surface area (Å²) >= 11 is 1.38. The van der Waals surface area contributed by atoms with Gasteiger partial charge in [-0.05, 0) is 19.1 Å². The fourth-order valence-electron chi connectivity index (χ4n) is 1.92. The maximum absolute atomic E-state index is 12.1. The van der Waals surface area contributed by atoms with Crippen LogP contribution in [0.4, 0.5) is 5.69 Å². The van der Waals surface area contributed by atoms with Crippen molar-refractivity contribution in [3.8, 4) is 0 Å². The highest BCUT2D eigenvalue weighted by Gasteiger charge is 2.23. The van der Waals surface area contributed by atoms with Gasteiger partial charge >= 0.3 is 5.97 Å². The number of hydrogen-bond donors (Lipinski definition) is 0. The van der Waals surface area contributed by atoms with Crippen LogP contribution in [-0.2, 0) is 9.53 Å². The van der Waals surface area contributed by atoms with Crippen molar-refractivity contribution in [3.05, 3.63) is 39.9 Å². The van der Waals surface area contributed by atoms with Crippen molar-refractivity contribution < 1.29 is 19.2 Å². The van der Waals surface area contributed by atoms with Crippen molar-refractivity contribution in [2.45, 2.75) is 6.92 Å². The lowest BCUT2D eigenvalue weighted by Gasteiger charge is -2.16. The standard InChI is InChI=1S/C14H15N3O5S/c1-2-22-12(18)9-16-7-8-23-14(16)15-13(19)10-3-5-11(6-4-10)17(20)21/h3-6H,2,7-9H2,1H3. The highest BCUT2D eigenvalue weighted by molar-refractivity contribution is 8.14. The largest absolute Gasteiger partial charge is 0.465 e. The number of nitrogens with zero attached hydrogens (tertiary/aromatic N) is 3. The van der Waals surface area contributed by atoms with E-state index in [2.05, 4.69) is 4.99 Å². The van der Waals surface area contributed by atoms with E-state index in [1.165, 1.54) is 36.0 Å². The average molecular weight is 337 g/mol. The molecule has 1 aromatic rings. The van der Waals surface area contributed by atoms with E-state index < -0.39 is 10.8 Å². The number of benzene rings is 1. The Bertz CT molecular complexity index is 644. The number of ether oxygens (including phenoxy) is 1. The van der Waals surface area contributed by atoms with Crippen LogP contribution in [0.3, 0.4) is 0 Å². The molecule has 9 heteroatoms.